The summed E-state index contributed by atoms with van der Waals surface area (Å²) in [4.78, 5) is 21.1. The van der Waals surface area contributed by atoms with Gasteiger partial charge >= 0.3 is 6.09 Å². The number of anilines is 1. The minimum Gasteiger partial charge on any atom is -0.507 e. The Bertz CT molecular complexity index is 1340. The molecule has 0 bridgehead atoms. The van der Waals surface area contributed by atoms with Crippen LogP contribution in [-0.2, 0) is 4.74 Å². The topological polar surface area (TPSA) is 84.4 Å². The molecule has 0 aliphatic carbocycles. The first-order valence-corrected chi connectivity index (χ1v) is 12.0. The van der Waals surface area contributed by atoms with Gasteiger partial charge in [0.05, 0.1) is 46.5 Å². The van der Waals surface area contributed by atoms with Crippen LogP contribution in [0.1, 0.15) is 20.8 Å². The number of nitrogens with zero attached hydrogens (tertiary/aromatic N) is 3. The molecule has 3 heterocycles. The number of aromatic nitrogens is 1. The number of phenols is 1. The van der Waals surface area contributed by atoms with Gasteiger partial charge in [-0.15, -0.1) is 0 Å². The second-order valence-corrected chi connectivity index (χ2v) is 10.2. The molecule has 1 atom stereocenters. The van der Waals surface area contributed by atoms with E-state index < -0.39 is 11.4 Å². The van der Waals surface area contributed by atoms with Gasteiger partial charge in [0.1, 0.15) is 29.5 Å². The standard InChI is InChI=1S/C26H27ClFN3O5/c1-26(2,3)36-25(33)30-8-9-31-14(12-30)13-35-19-11-29-17-10-15(20-16(28)6-5-7-18(20)32)22(27)24(34-4)21(17)23(19)31/h5-7,10-11,14,32H,8-9,12-13H2,1-4H3/t14-/m1/s1. The van der Waals surface area contributed by atoms with Crippen molar-refractivity contribution in [1.82, 2.24) is 9.88 Å². The fraction of sp³-hybridized carbons (Fsp3) is 0.385. The molecule has 2 aliphatic rings. The monoisotopic (exact) mass is 515 g/mol. The van der Waals surface area contributed by atoms with Crippen molar-refractivity contribution >= 4 is 34.3 Å². The second kappa shape index (κ2) is 8.89. The van der Waals surface area contributed by atoms with Crippen molar-refractivity contribution in [3.05, 3.63) is 41.3 Å². The van der Waals surface area contributed by atoms with Gasteiger partial charge in [-0.05, 0) is 39.0 Å². The Morgan fingerprint density at radius 2 is 2.08 bits per heavy atom. The third-order valence-corrected chi connectivity index (χ3v) is 6.68. The summed E-state index contributed by atoms with van der Waals surface area (Å²) >= 11 is 6.75. The average Bonchev–Trinajstić information content (AvgIpc) is 2.82. The predicted octanol–water partition coefficient (Wildman–Crippen LogP) is 5.23. The molecule has 1 aromatic heterocycles. The van der Waals surface area contributed by atoms with E-state index in [2.05, 4.69) is 9.88 Å². The molecule has 1 N–H and O–H groups in total. The Hall–Kier alpha value is -3.46. The Morgan fingerprint density at radius 1 is 1.31 bits per heavy atom. The van der Waals surface area contributed by atoms with E-state index in [4.69, 9.17) is 25.8 Å². The van der Waals surface area contributed by atoms with Gasteiger partial charge in [0.25, 0.3) is 0 Å². The highest BCUT2D eigenvalue weighted by Gasteiger charge is 2.38. The van der Waals surface area contributed by atoms with Crippen LogP contribution in [0.25, 0.3) is 22.0 Å². The molecule has 36 heavy (non-hydrogen) atoms. The van der Waals surface area contributed by atoms with E-state index in [0.29, 0.717) is 48.6 Å². The number of fused-ring (bicyclic) bond motifs is 5. The van der Waals surface area contributed by atoms with Crippen molar-refractivity contribution in [2.75, 3.05) is 38.3 Å². The van der Waals surface area contributed by atoms with Gasteiger partial charge in [0.15, 0.2) is 5.75 Å². The van der Waals surface area contributed by atoms with Crippen molar-refractivity contribution in [2.24, 2.45) is 0 Å². The lowest BCUT2D eigenvalue weighted by Crippen LogP contribution is -2.59. The molecule has 0 saturated carbocycles. The molecule has 1 fully saturated rings. The quantitative estimate of drug-likeness (QED) is 0.500. The Balaban J connectivity index is 1.59. The lowest BCUT2D eigenvalue weighted by atomic mass is 9.98. The van der Waals surface area contributed by atoms with Crippen molar-refractivity contribution < 1.29 is 28.5 Å². The van der Waals surface area contributed by atoms with Crippen LogP contribution in [0.3, 0.4) is 0 Å². The first kappa shape index (κ1) is 24.2. The van der Waals surface area contributed by atoms with Gasteiger partial charge in [0, 0.05) is 25.2 Å². The number of ether oxygens (including phenoxy) is 3. The molecule has 0 radical (unpaired) electrons. The Kier molecular flexibility index (Phi) is 5.98. The first-order valence-electron chi connectivity index (χ1n) is 11.6. The van der Waals surface area contributed by atoms with Crippen molar-refractivity contribution in [2.45, 2.75) is 32.4 Å². The summed E-state index contributed by atoms with van der Waals surface area (Å²) in [6.07, 6.45) is 1.26. The van der Waals surface area contributed by atoms with Crippen molar-refractivity contribution in [3.8, 4) is 28.4 Å². The zero-order chi connectivity index (χ0) is 25.8. The number of pyridine rings is 1. The summed E-state index contributed by atoms with van der Waals surface area (Å²) in [6.45, 7) is 7.32. The van der Waals surface area contributed by atoms with Gasteiger partial charge < -0.3 is 29.1 Å². The number of aromatic hydroxyl groups is 1. The van der Waals surface area contributed by atoms with E-state index in [0.717, 1.165) is 5.69 Å². The van der Waals surface area contributed by atoms with Gasteiger partial charge in [0.2, 0.25) is 0 Å². The summed E-state index contributed by atoms with van der Waals surface area (Å²) in [7, 11) is 1.48. The highest BCUT2D eigenvalue weighted by molar-refractivity contribution is 6.36. The minimum absolute atomic E-state index is 0.0256. The Morgan fingerprint density at radius 3 is 2.78 bits per heavy atom. The summed E-state index contributed by atoms with van der Waals surface area (Å²) in [5.41, 5.74) is 0.921. The van der Waals surface area contributed by atoms with Crippen LogP contribution in [0.5, 0.6) is 17.2 Å². The highest BCUT2D eigenvalue weighted by atomic mass is 35.5. The number of hydrogen-bond acceptors (Lipinski definition) is 7. The van der Waals surface area contributed by atoms with Crippen LogP contribution < -0.4 is 14.4 Å². The normalized spacial score (nSPS) is 17.3. The van der Waals surface area contributed by atoms with Crippen LogP contribution in [0.2, 0.25) is 5.02 Å². The summed E-state index contributed by atoms with van der Waals surface area (Å²) in [5, 5.41) is 11.1. The third-order valence-electron chi connectivity index (χ3n) is 6.31. The van der Waals surface area contributed by atoms with Gasteiger partial charge in [-0.2, -0.15) is 0 Å². The first-order chi connectivity index (χ1) is 17.1. The van der Waals surface area contributed by atoms with Gasteiger partial charge in [-0.3, -0.25) is 4.98 Å². The third kappa shape index (κ3) is 4.11. The number of amides is 1. The van der Waals surface area contributed by atoms with E-state index in [1.807, 2.05) is 20.8 Å². The minimum atomic E-state index is -0.613. The van der Waals surface area contributed by atoms with Crippen molar-refractivity contribution in [3.63, 3.8) is 0 Å². The highest BCUT2D eigenvalue weighted by Crippen LogP contribution is 2.50. The average molecular weight is 516 g/mol. The number of hydrogen-bond donors (Lipinski definition) is 1. The fourth-order valence-corrected chi connectivity index (χ4v) is 5.10. The molecule has 2 aromatic carbocycles. The summed E-state index contributed by atoms with van der Waals surface area (Å²) < 4.78 is 32.0. The molecule has 10 heteroatoms. The number of carbonyl (C=O) groups excluding carboxylic acids is 1. The number of benzene rings is 2. The molecule has 3 aromatic rings. The molecule has 2 aliphatic heterocycles. The maximum absolute atomic E-state index is 14.7. The summed E-state index contributed by atoms with van der Waals surface area (Å²) in [6, 6.07) is 5.59. The number of phenolic OH excluding ortho intramolecular Hbond substituents is 1. The van der Waals surface area contributed by atoms with Crippen LogP contribution in [0, 0.1) is 5.82 Å². The van der Waals surface area contributed by atoms with E-state index in [1.165, 1.54) is 25.3 Å². The smallest absolute Gasteiger partial charge is 0.410 e. The van der Waals surface area contributed by atoms with Crippen LogP contribution in [-0.4, -0.2) is 66.1 Å². The van der Waals surface area contributed by atoms with Crippen LogP contribution in [0.4, 0.5) is 14.9 Å². The Labute approximate surface area is 213 Å². The molecular formula is C26H27ClFN3O5. The molecule has 0 unspecified atom stereocenters. The molecule has 8 nitrogen and oxygen atoms in total. The molecular weight excluding hydrogens is 489 g/mol. The number of methoxy groups -OCH3 is 1. The number of carbonyl (C=O) groups is 1. The molecule has 0 spiro atoms. The van der Waals surface area contributed by atoms with E-state index >= 15 is 0 Å². The van der Waals surface area contributed by atoms with E-state index in [9.17, 15) is 14.3 Å². The van der Waals surface area contributed by atoms with Gasteiger partial charge in [-0.25, -0.2) is 9.18 Å². The lowest BCUT2D eigenvalue weighted by molar-refractivity contribution is 0.0195. The maximum atomic E-state index is 14.7. The number of rotatable bonds is 2. The zero-order valence-electron chi connectivity index (χ0n) is 20.5. The number of halogens is 2. The molecule has 190 valence electrons. The molecule has 1 saturated heterocycles. The lowest BCUT2D eigenvalue weighted by Gasteiger charge is -2.45. The zero-order valence-corrected chi connectivity index (χ0v) is 21.2. The van der Waals surface area contributed by atoms with Gasteiger partial charge in [-0.1, -0.05) is 17.7 Å². The SMILES string of the molecule is COc1c(Cl)c(-c2c(O)cccc2F)cc2ncc3c(c12)N1CCN(C(=O)OC(C)(C)C)C[C@@H]1CO3. The summed E-state index contributed by atoms with van der Waals surface area (Å²) in [5.74, 6) is 0.0196. The van der Waals surface area contributed by atoms with Crippen LogP contribution in [0.15, 0.2) is 30.5 Å². The number of piperazine rings is 1. The molecule has 5 rings (SSSR count). The van der Waals surface area contributed by atoms with E-state index in [-0.39, 0.29) is 34.0 Å². The van der Waals surface area contributed by atoms with E-state index in [1.54, 1.807) is 17.2 Å². The maximum Gasteiger partial charge on any atom is 0.410 e. The second-order valence-electron chi connectivity index (χ2n) is 9.86. The van der Waals surface area contributed by atoms with Crippen LogP contribution >= 0.6 is 11.6 Å². The largest absolute Gasteiger partial charge is 0.507 e. The predicted molar refractivity (Wildman–Crippen MR) is 135 cm³/mol. The van der Waals surface area contributed by atoms with Crippen molar-refractivity contribution in [1.29, 1.82) is 0 Å². The molecule has 1 amide bonds. The fourth-order valence-electron chi connectivity index (χ4n) is 4.78.